The summed E-state index contributed by atoms with van der Waals surface area (Å²) in [5.41, 5.74) is 8.66. The lowest BCUT2D eigenvalue weighted by molar-refractivity contribution is 1.01. The molecule has 2 heterocycles. The smallest absolute Gasteiger partial charge is 0.0548 e. The van der Waals surface area contributed by atoms with E-state index < -0.39 is 0 Å². The number of fused-ring (bicyclic) bond motifs is 7. The van der Waals surface area contributed by atoms with Gasteiger partial charge in [0.25, 0.3) is 0 Å². The predicted octanol–water partition coefficient (Wildman–Crippen LogP) is 8.10. The quantitative estimate of drug-likeness (QED) is 0.266. The predicted molar refractivity (Wildman–Crippen MR) is 140 cm³/mol. The summed E-state index contributed by atoms with van der Waals surface area (Å²) in [6.45, 7) is 0. The fraction of sp³-hybridized carbons (Fsp3) is 0.0323. The zero-order valence-corrected chi connectivity index (χ0v) is 18.4. The molecule has 2 heteroatoms. The van der Waals surface area contributed by atoms with Crippen LogP contribution >= 0.6 is 0 Å². The van der Waals surface area contributed by atoms with Crippen molar-refractivity contribution in [3.8, 4) is 16.8 Å². The van der Waals surface area contributed by atoms with Gasteiger partial charge in [0.1, 0.15) is 0 Å². The average Bonchev–Trinajstić information content (AvgIpc) is 3.37. The molecule has 2 aromatic heterocycles. The van der Waals surface area contributed by atoms with Crippen molar-refractivity contribution in [1.82, 2.24) is 9.13 Å². The molecule has 0 N–H and O–H groups in total. The molecule has 0 spiro atoms. The van der Waals surface area contributed by atoms with E-state index in [4.69, 9.17) is 0 Å². The molecule has 0 atom stereocenters. The highest BCUT2D eigenvalue weighted by molar-refractivity contribution is 6.28. The second kappa shape index (κ2) is 6.85. The zero-order valence-electron chi connectivity index (χ0n) is 18.4. The molecule has 0 amide bonds. The summed E-state index contributed by atoms with van der Waals surface area (Å²) in [4.78, 5) is 0. The summed E-state index contributed by atoms with van der Waals surface area (Å²) in [5.74, 6) is 0. The van der Waals surface area contributed by atoms with E-state index in [0.29, 0.717) is 0 Å². The first-order valence-electron chi connectivity index (χ1n) is 11.4. The molecule has 0 fully saturated rings. The van der Waals surface area contributed by atoms with Crippen molar-refractivity contribution >= 4 is 43.6 Å². The zero-order chi connectivity index (χ0) is 21.9. The van der Waals surface area contributed by atoms with Gasteiger partial charge in [-0.3, -0.25) is 0 Å². The molecule has 0 aliphatic heterocycles. The first-order chi connectivity index (χ1) is 16.3. The van der Waals surface area contributed by atoms with Crippen molar-refractivity contribution in [3.63, 3.8) is 0 Å². The Morgan fingerprint density at radius 1 is 0.455 bits per heavy atom. The lowest BCUT2D eigenvalue weighted by Crippen LogP contribution is -1.93. The van der Waals surface area contributed by atoms with Gasteiger partial charge in [-0.1, -0.05) is 78.9 Å². The van der Waals surface area contributed by atoms with E-state index in [9.17, 15) is 0 Å². The largest absolute Gasteiger partial charge is 0.344 e. The van der Waals surface area contributed by atoms with Crippen molar-refractivity contribution < 1.29 is 0 Å². The van der Waals surface area contributed by atoms with Crippen LogP contribution in [0.25, 0.3) is 60.4 Å². The molecule has 0 aliphatic carbocycles. The van der Waals surface area contributed by atoms with Crippen LogP contribution in [0.5, 0.6) is 0 Å². The van der Waals surface area contributed by atoms with Gasteiger partial charge < -0.3 is 9.13 Å². The number of benzene rings is 5. The van der Waals surface area contributed by atoms with Crippen LogP contribution in [0.4, 0.5) is 0 Å². The van der Waals surface area contributed by atoms with Gasteiger partial charge in [0, 0.05) is 45.3 Å². The van der Waals surface area contributed by atoms with E-state index in [1.54, 1.807) is 0 Å². The third-order valence-corrected chi connectivity index (χ3v) is 6.93. The maximum Gasteiger partial charge on any atom is 0.0548 e. The van der Waals surface area contributed by atoms with E-state index in [2.05, 4.69) is 131 Å². The van der Waals surface area contributed by atoms with Crippen molar-refractivity contribution in [3.05, 3.63) is 115 Å². The molecule has 0 radical (unpaired) electrons. The number of para-hydroxylation sites is 2. The van der Waals surface area contributed by atoms with Gasteiger partial charge >= 0.3 is 0 Å². The van der Waals surface area contributed by atoms with Crippen molar-refractivity contribution in [1.29, 1.82) is 0 Å². The van der Waals surface area contributed by atoms with Crippen LogP contribution in [0.15, 0.2) is 115 Å². The number of nitrogens with zero attached hydrogens (tertiary/aromatic N) is 2. The van der Waals surface area contributed by atoms with Crippen LogP contribution in [-0.2, 0) is 7.05 Å². The highest BCUT2D eigenvalue weighted by Gasteiger charge is 2.19. The molecule has 156 valence electrons. The molecular weight excluding hydrogens is 400 g/mol. The van der Waals surface area contributed by atoms with Gasteiger partial charge in [0.15, 0.2) is 0 Å². The average molecular weight is 423 g/mol. The van der Waals surface area contributed by atoms with Crippen LogP contribution in [0.1, 0.15) is 0 Å². The van der Waals surface area contributed by atoms with Crippen LogP contribution in [0, 0.1) is 0 Å². The van der Waals surface area contributed by atoms with Crippen LogP contribution in [0.3, 0.4) is 0 Å². The normalized spacial score (nSPS) is 11.8. The highest BCUT2D eigenvalue weighted by Crippen LogP contribution is 2.41. The second-order valence-corrected chi connectivity index (χ2v) is 8.70. The van der Waals surface area contributed by atoms with Crippen LogP contribution in [-0.4, -0.2) is 9.13 Å². The van der Waals surface area contributed by atoms with Gasteiger partial charge in [-0.2, -0.15) is 0 Å². The van der Waals surface area contributed by atoms with Crippen LogP contribution < -0.4 is 0 Å². The van der Waals surface area contributed by atoms with Gasteiger partial charge in [-0.05, 0) is 47.5 Å². The van der Waals surface area contributed by atoms with Gasteiger partial charge in [-0.15, -0.1) is 0 Å². The molecule has 7 rings (SSSR count). The fourth-order valence-corrected chi connectivity index (χ4v) is 5.42. The van der Waals surface area contributed by atoms with E-state index in [-0.39, 0.29) is 0 Å². The number of hydrogen-bond donors (Lipinski definition) is 0. The Bertz CT molecular complexity index is 1800. The summed E-state index contributed by atoms with van der Waals surface area (Å²) in [5, 5.41) is 5.25. The van der Waals surface area contributed by atoms with E-state index >= 15 is 0 Å². The van der Waals surface area contributed by atoms with E-state index in [1.165, 1.54) is 60.4 Å². The molecule has 0 bridgehead atoms. The van der Waals surface area contributed by atoms with Crippen molar-refractivity contribution in [2.45, 2.75) is 0 Å². The minimum Gasteiger partial charge on any atom is -0.344 e. The topological polar surface area (TPSA) is 9.86 Å². The fourth-order valence-electron chi connectivity index (χ4n) is 5.42. The SMILES string of the molecule is Cn1c2ccccc2c2c3c4ccc(-c5ccccc5)cc4n(-c4ccccc4)c3ccc21. The maximum atomic E-state index is 2.42. The Morgan fingerprint density at radius 3 is 1.91 bits per heavy atom. The van der Waals surface area contributed by atoms with Crippen LogP contribution in [0.2, 0.25) is 0 Å². The third kappa shape index (κ3) is 2.55. The number of aryl methyl sites for hydroxylation is 1. The molecule has 0 saturated carbocycles. The Morgan fingerprint density at radius 2 is 1.09 bits per heavy atom. The van der Waals surface area contributed by atoms with Gasteiger partial charge in [0.05, 0.1) is 11.0 Å². The van der Waals surface area contributed by atoms with Gasteiger partial charge in [0.2, 0.25) is 0 Å². The maximum absolute atomic E-state index is 2.42. The summed E-state index contributed by atoms with van der Waals surface area (Å²) in [6.07, 6.45) is 0. The highest BCUT2D eigenvalue weighted by atomic mass is 15.0. The number of aromatic nitrogens is 2. The number of rotatable bonds is 2. The number of hydrogen-bond acceptors (Lipinski definition) is 0. The lowest BCUT2D eigenvalue weighted by Gasteiger charge is -2.09. The minimum atomic E-state index is 1.18. The first kappa shape index (κ1) is 18.3. The molecule has 0 aliphatic rings. The summed E-state index contributed by atoms with van der Waals surface area (Å²) in [7, 11) is 2.17. The monoisotopic (exact) mass is 422 g/mol. The molecule has 5 aromatic carbocycles. The first-order valence-corrected chi connectivity index (χ1v) is 11.4. The standard InChI is InChI=1S/C31H22N2/c1-32-26-15-9-8-14-24(26)30-27(32)18-19-28-31(30)25-17-16-22(21-10-4-2-5-11-21)20-29(25)33(28)23-12-6-3-7-13-23/h2-20H,1H3. The Balaban J connectivity index is 1.70. The summed E-state index contributed by atoms with van der Waals surface area (Å²) in [6, 6.07) is 41.5. The van der Waals surface area contributed by atoms with Crippen molar-refractivity contribution in [2.75, 3.05) is 0 Å². The molecule has 2 nitrogen and oxygen atoms in total. The second-order valence-electron chi connectivity index (χ2n) is 8.70. The third-order valence-electron chi connectivity index (χ3n) is 6.93. The molecule has 7 aromatic rings. The van der Waals surface area contributed by atoms with Gasteiger partial charge in [-0.25, -0.2) is 0 Å². The lowest BCUT2D eigenvalue weighted by atomic mass is 10.0. The molecule has 33 heavy (non-hydrogen) atoms. The summed E-state index contributed by atoms with van der Waals surface area (Å²) >= 11 is 0. The van der Waals surface area contributed by atoms with E-state index in [1.807, 2.05) is 0 Å². The Labute approximate surface area is 191 Å². The Hall–Kier alpha value is -4.30. The summed E-state index contributed by atoms with van der Waals surface area (Å²) < 4.78 is 4.73. The van der Waals surface area contributed by atoms with Crippen molar-refractivity contribution in [2.24, 2.45) is 7.05 Å². The molecule has 0 saturated heterocycles. The molecular formula is C31H22N2. The minimum absolute atomic E-state index is 1.18. The van der Waals surface area contributed by atoms with E-state index in [0.717, 1.165) is 0 Å². The Kier molecular flexibility index (Phi) is 3.80. The molecule has 0 unspecified atom stereocenters.